The fourth-order valence-corrected chi connectivity index (χ4v) is 22.6. The number of aryl methyl sites for hydroxylation is 8. The molecule has 0 amide bonds. The first-order valence-electron chi connectivity index (χ1n) is 48.2. The van der Waals surface area contributed by atoms with Gasteiger partial charge in [0.15, 0.2) is 0 Å². The van der Waals surface area contributed by atoms with Crippen LogP contribution in [0.1, 0.15) is 44.5 Å². The lowest BCUT2D eigenvalue weighted by atomic mass is 9.99. The molecule has 0 saturated heterocycles. The molecule has 0 spiro atoms. The maximum atomic E-state index is 6.08. The largest absolute Gasteiger partial charge is 0.456 e. The zero-order valence-electron chi connectivity index (χ0n) is 80.1. The van der Waals surface area contributed by atoms with E-state index < -0.39 is 0 Å². The molecule has 29 aromatic rings. The molecule has 29 rings (SSSR count). The van der Waals surface area contributed by atoms with Gasteiger partial charge in [0.05, 0.1) is 0 Å². The minimum atomic E-state index is 0.946. The number of benzene rings is 21. The molecule has 0 atom stereocenters. The Kier molecular flexibility index (Phi) is 25.5. The second-order valence-electron chi connectivity index (χ2n) is 36.5. The Morgan fingerprint density at radius 3 is 0.894 bits per heavy atom. The van der Waals surface area contributed by atoms with E-state index in [0.717, 1.165) is 67.0 Å². The zero-order chi connectivity index (χ0) is 96.3. The van der Waals surface area contributed by atoms with Crippen LogP contribution >= 0.6 is 34.0 Å². The predicted octanol–water partition coefficient (Wildman–Crippen LogP) is 40.9. The van der Waals surface area contributed by atoms with Gasteiger partial charge in [-0.3, -0.25) is 0 Å². The highest BCUT2D eigenvalue weighted by atomic mass is 32.1. The summed E-state index contributed by atoms with van der Waals surface area (Å²) in [6.45, 7) is 17.1. The summed E-state index contributed by atoms with van der Waals surface area (Å²) in [5.74, 6) is 0. The lowest BCUT2D eigenvalue weighted by Gasteiger charge is -2.05. The van der Waals surface area contributed by atoms with Gasteiger partial charge in [-0.15, -0.1) is 34.0 Å². The highest BCUT2D eigenvalue weighted by molar-refractivity contribution is 7.26. The Morgan fingerprint density at radius 1 is 0.141 bits per heavy atom. The van der Waals surface area contributed by atoms with Crippen LogP contribution in [0.5, 0.6) is 0 Å². The van der Waals surface area contributed by atoms with Gasteiger partial charge < -0.3 is 22.1 Å². The molecule has 0 saturated carbocycles. The molecule has 8 heteroatoms. The predicted molar refractivity (Wildman–Crippen MR) is 612 cm³/mol. The monoisotopic (exact) mass is 1880 g/mol. The third kappa shape index (κ3) is 18.8. The first-order chi connectivity index (χ1) is 69.6. The van der Waals surface area contributed by atoms with E-state index in [1.54, 1.807) is 0 Å². The number of hydrogen-bond acceptors (Lipinski definition) is 8. The lowest BCUT2D eigenvalue weighted by Crippen LogP contribution is -1.81. The molecule has 5 nitrogen and oxygen atoms in total. The summed E-state index contributed by atoms with van der Waals surface area (Å²) < 4.78 is 38.1. The summed E-state index contributed by atoms with van der Waals surface area (Å²) in [5, 5.41) is 20.1. The van der Waals surface area contributed by atoms with E-state index in [2.05, 4.69) is 456 Å². The molecule has 0 aliphatic carbocycles. The van der Waals surface area contributed by atoms with Crippen LogP contribution in [-0.4, -0.2) is 0 Å². The van der Waals surface area contributed by atoms with Crippen LogP contribution in [-0.2, 0) is 0 Å². The van der Waals surface area contributed by atoms with Crippen molar-refractivity contribution in [3.63, 3.8) is 0 Å². The second kappa shape index (κ2) is 40.0. The second-order valence-corrected chi connectivity index (χ2v) is 39.7. The molecule has 0 radical (unpaired) electrons. The number of furan rings is 5. The van der Waals surface area contributed by atoms with Crippen LogP contribution in [0.4, 0.5) is 0 Å². The average molecular weight is 1890 g/mol. The fourth-order valence-electron chi connectivity index (χ4n) is 19.2. The van der Waals surface area contributed by atoms with Crippen molar-refractivity contribution in [3.8, 4) is 55.6 Å². The van der Waals surface area contributed by atoms with Crippen molar-refractivity contribution in [2.75, 3.05) is 0 Å². The highest BCUT2D eigenvalue weighted by Gasteiger charge is 2.18. The molecule has 684 valence electrons. The maximum Gasteiger partial charge on any atom is 0.143 e. The molecular formula is C134H100O5S3. The average Bonchev–Trinajstić information content (AvgIpc) is 1.63. The van der Waals surface area contributed by atoms with Crippen molar-refractivity contribution >= 4 is 204 Å². The number of fused-ring (bicyclic) bond motifs is 24. The van der Waals surface area contributed by atoms with E-state index in [-0.39, 0.29) is 0 Å². The molecule has 0 unspecified atom stereocenters. The van der Waals surface area contributed by atoms with E-state index in [9.17, 15) is 0 Å². The van der Waals surface area contributed by atoms with Crippen LogP contribution in [0.25, 0.3) is 226 Å². The van der Waals surface area contributed by atoms with E-state index in [1.165, 1.54) is 203 Å². The third-order valence-corrected chi connectivity index (χ3v) is 30.1. The molecule has 0 aliphatic rings. The van der Waals surface area contributed by atoms with E-state index in [0.29, 0.717) is 0 Å². The van der Waals surface area contributed by atoms with Gasteiger partial charge in [-0.25, -0.2) is 0 Å². The number of hydrogen-bond donors (Lipinski definition) is 0. The topological polar surface area (TPSA) is 65.7 Å². The van der Waals surface area contributed by atoms with Crippen LogP contribution in [0.3, 0.4) is 0 Å². The minimum Gasteiger partial charge on any atom is -0.456 e. The first kappa shape index (κ1) is 90.4. The molecule has 0 N–H and O–H groups in total. The van der Waals surface area contributed by atoms with Crippen molar-refractivity contribution in [1.82, 2.24) is 0 Å². The van der Waals surface area contributed by atoms with E-state index in [1.807, 2.05) is 94.7 Å². The molecular weight excluding hydrogens is 1790 g/mol. The van der Waals surface area contributed by atoms with Crippen molar-refractivity contribution in [3.05, 3.63) is 506 Å². The molecule has 0 bridgehead atoms. The Hall–Kier alpha value is -16.7. The molecule has 21 aromatic carbocycles. The molecule has 8 aromatic heterocycles. The lowest BCUT2D eigenvalue weighted by molar-refractivity contribution is 0.668. The van der Waals surface area contributed by atoms with Crippen molar-refractivity contribution < 1.29 is 22.1 Å². The fraction of sp³-hybridized carbons (Fsp3) is 0.0597. The Bertz CT molecular complexity index is 9530. The molecule has 8 heterocycles. The zero-order valence-corrected chi connectivity index (χ0v) is 82.6. The van der Waals surface area contributed by atoms with E-state index in [4.69, 9.17) is 22.1 Å². The Morgan fingerprint density at radius 2 is 0.423 bits per heavy atom. The summed E-state index contributed by atoms with van der Waals surface area (Å²) in [7, 11) is 0. The quantitative estimate of drug-likeness (QED) is 0.172. The number of thiophene rings is 3. The summed E-state index contributed by atoms with van der Waals surface area (Å²) in [6, 6.07) is 161. The van der Waals surface area contributed by atoms with Crippen molar-refractivity contribution in [2.24, 2.45) is 0 Å². The summed E-state index contributed by atoms with van der Waals surface area (Å²) >= 11 is 5.63. The molecule has 0 aliphatic heterocycles. The number of para-hydroxylation sites is 7. The third-order valence-electron chi connectivity index (χ3n) is 26.5. The minimum absolute atomic E-state index is 0.946. The first-order valence-corrected chi connectivity index (χ1v) is 50.6. The van der Waals surface area contributed by atoms with Crippen molar-refractivity contribution in [1.29, 1.82) is 0 Å². The van der Waals surface area contributed by atoms with Crippen molar-refractivity contribution in [2.45, 2.75) is 55.4 Å². The summed E-state index contributed by atoms with van der Waals surface area (Å²) in [4.78, 5) is 0. The maximum absolute atomic E-state index is 6.08. The smallest absolute Gasteiger partial charge is 0.143 e. The van der Waals surface area contributed by atoms with Gasteiger partial charge >= 0.3 is 0 Å². The SMILES string of the molecule is Cc1ccc(-c2ccc3oc4ccccc4c3c2)cc1.Cc1ccc(-c2cccc3c2oc2ccccc23)cc1.Cc1ccc2sc3ccccc3c2c1.Cc1ccc2sc3ccccc3c2c1.Cc1cccc(-c2ccc3oc4ccccc4c3c2)c1.Cc1cccc(-c2cccc3c2oc2ccccc23)c1.Cc1cccc2c1sc1ccccc12.Cc1ccccc1-c1ccc2oc3ccccc3c2c1. The Balaban J connectivity index is 0.0000000934. The van der Waals surface area contributed by atoms with Crippen LogP contribution < -0.4 is 0 Å². The standard InChI is InChI=1S/5C19H14O.3C13H10S/c1-13-6-4-7-14(12-13)15-9-5-10-17-16-8-2-3-11-18(16)20-19(15)17;1-13-5-4-6-14(11-13)15-9-10-19-17(12-15)16-7-2-3-8-18(16)20-19;1-13-6-2-3-7-15(13)14-10-11-19-17(12-14)16-8-4-5-9-18(16)20-19;1-13-9-11-14(12-10-13)15-6-4-7-17-16-5-2-3-8-18(16)20-19(15)17;1-13-6-8-14(9-7-13)15-10-11-19-17(12-15)16-4-2-3-5-18(16)20-19;1-9-5-4-7-11-10-6-2-3-8-12(10)14-13(9)11;2*1-9-6-7-13-11(8-9)10-4-2-3-5-12(10)14-13/h5*2-12H,1H3;3*2-8H,1H3. The van der Waals surface area contributed by atoms with Crippen LogP contribution in [0, 0.1) is 55.4 Å². The van der Waals surface area contributed by atoms with Gasteiger partial charge in [-0.2, -0.15) is 0 Å². The van der Waals surface area contributed by atoms with E-state index >= 15 is 0 Å². The van der Waals surface area contributed by atoms with Crippen LogP contribution in [0.15, 0.2) is 483 Å². The summed E-state index contributed by atoms with van der Waals surface area (Å²) in [5.41, 5.74) is 32.1. The van der Waals surface area contributed by atoms with Gasteiger partial charge in [0.25, 0.3) is 0 Å². The van der Waals surface area contributed by atoms with Gasteiger partial charge in [0, 0.05) is 126 Å². The number of rotatable bonds is 5. The van der Waals surface area contributed by atoms with Crippen LogP contribution in [0.2, 0.25) is 0 Å². The normalized spacial score (nSPS) is 11.2. The van der Waals surface area contributed by atoms with Gasteiger partial charge in [0.2, 0.25) is 0 Å². The molecule has 0 fully saturated rings. The molecule has 142 heavy (non-hydrogen) atoms. The highest BCUT2D eigenvalue weighted by Crippen LogP contribution is 2.44. The van der Waals surface area contributed by atoms with Gasteiger partial charge in [-0.1, -0.05) is 385 Å². The van der Waals surface area contributed by atoms with Gasteiger partial charge in [-0.05, 0) is 220 Å². The summed E-state index contributed by atoms with van der Waals surface area (Å²) in [6.07, 6.45) is 0. The van der Waals surface area contributed by atoms with Gasteiger partial charge in [0.1, 0.15) is 55.8 Å². The Labute approximate surface area is 836 Å².